The first-order chi connectivity index (χ1) is 12.2. The number of likely N-dealkylation sites (N-methyl/N-ethyl adjacent to an activating group) is 1. The number of guanidine groups is 1. The van der Waals surface area contributed by atoms with Gasteiger partial charge in [-0.15, -0.1) is 0 Å². The molecule has 1 heterocycles. The van der Waals surface area contributed by atoms with Gasteiger partial charge in [-0.05, 0) is 25.2 Å². The lowest BCUT2D eigenvalue weighted by Gasteiger charge is -2.38. The van der Waals surface area contributed by atoms with Crippen LogP contribution in [0.4, 0.5) is 5.69 Å². The van der Waals surface area contributed by atoms with E-state index in [1.165, 1.54) is 5.69 Å². The van der Waals surface area contributed by atoms with Crippen LogP contribution in [0.2, 0.25) is 0 Å². The third-order valence-corrected chi connectivity index (χ3v) is 4.82. The van der Waals surface area contributed by atoms with E-state index in [2.05, 4.69) is 51.0 Å². The third kappa shape index (κ3) is 5.26. The van der Waals surface area contributed by atoms with Gasteiger partial charge in [0, 0.05) is 46.3 Å². The Bertz CT molecular complexity index is 536. The minimum Gasteiger partial charge on any atom is -0.495 e. The normalized spacial score (nSPS) is 15.6. The fourth-order valence-corrected chi connectivity index (χ4v) is 3.25. The number of nitrogens with one attached hydrogen (secondary N) is 1. The number of benzene rings is 1. The number of piperazine rings is 1. The second kappa shape index (κ2) is 10.1. The Kier molecular flexibility index (Phi) is 7.85. The summed E-state index contributed by atoms with van der Waals surface area (Å²) in [7, 11) is 3.60. The highest BCUT2D eigenvalue weighted by Gasteiger charge is 2.21. The molecular weight excluding hydrogens is 314 g/mol. The van der Waals surface area contributed by atoms with Gasteiger partial charge >= 0.3 is 0 Å². The number of anilines is 1. The van der Waals surface area contributed by atoms with E-state index >= 15 is 0 Å². The van der Waals surface area contributed by atoms with Crippen molar-refractivity contribution in [3.05, 3.63) is 24.3 Å². The monoisotopic (exact) mass is 347 g/mol. The molecular formula is C19H33N5O. The summed E-state index contributed by atoms with van der Waals surface area (Å²) in [6.45, 7) is 12.4. The molecule has 1 aromatic carbocycles. The molecule has 2 rings (SSSR count). The van der Waals surface area contributed by atoms with Crippen LogP contribution >= 0.6 is 0 Å². The number of para-hydroxylation sites is 2. The lowest BCUT2D eigenvalue weighted by Crippen LogP contribution is -2.53. The summed E-state index contributed by atoms with van der Waals surface area (Å²) < 4.78 is 5.49. The molecule has 6 nitrogen and oxygen atoms in total. The molecule has 1 aliphatic rings. The Morgan fingerprint density at radius 1 is 1.16 bits per heavy atom. The molecule has 0 aromatic heterocycles. The Labute approximate surface area is 152 Å². The number of nitrogens with zero attached hydrogens (tertiary/aromatic N) is 4. The zero-order chi connectivity index (χ0) is 18.1. The van der Waals surface area contributed by atoms with Gasteiger partial charge in [-0.3, -0.25) is 4.99 Å². The van der Waals surface area contributed by atoms with Crippen LogP contribution in [0.5, 0.6) is 5.75 Å². The Balaban J connectivity index is 1.85. The highest BCUT2D eigenvalue weighted by atomic mass is 16.5. The summed E-state index contributed by atoms with van der Waals surface area (Å²) in [6, 6.07) is 8.24. The summed E-state index contributed by atoms with van der Waals surface area (Å²) in [5.41, 5.74) is 1.18. The molecule has 140 valence electrons. The average Bonchev–Trinajstić information content (AvgIpc) is 2.68. The van der Waals surface area contributed by atoms with Crippen LogP contribution in [0.1, 0.15) is 13.8 Å². The molecule has 1 N–H and O–H groups in total. The first-order valence-electron chi connectivity index (χ1n) is 9.29. The molecule has 6 heteroatoms. The van der Waals surface area contributed by atoms with E-state index in [-0.39, 0.29) is 0 Å². The van der Waals surface area contributed by atoms with Crippen LogP contribution in [0.15, 0.2) is 29.3 Å². The van der Waals surface area contributed by atoms with Gasteiger partial charge in [0.05, 0.1) is 12.8 Å². The summed E-state index contributed by atoms with van der Waals surface area (Å²) in [5, 5.41) is 3.51. The van der Waals surface area contributed by atoms with Crippen molar-refractivity contribution < 1.29 is 4.74 Å². The maximum atomic E-state index is 5.49. The van der Waals surface area contributed by atoms with Crippen LogP contribution in [0.3, 0.4) is 0 Å². The topological polar surface area (TPSA) is 43.3 Å². The lowest BCUT2D eigenvalue weighted by molar-refractivity contribution is 0.304. The molecule has 0 atom stereocenters. The maximum Gasteiger partial charge on any atom is 0.193 e. The van der Waals surface area contributed by atoms with Crippen molar-refractivity contribution in [3.63, 3.8) is 0 Å². The van der Waals surface area contributed by atoms with Crippen molar-refractivity contribution in [2.24, 2.45) is 4.99 Å². The van der Waals surface area contributed by atoms with Gasteiger partial charge < -0.3 is 24.8 Å². The van der Waals surface area contributed by atoms with Gasteiger partial charge in [-0.25, -0.2) is 0 Å². The summed E-state index contributed by atoms with van der Waals surface area (Å²) in [5.74, 6) is 1.95. The van der Waals surface area contributed by atoms with Crippen LogP contribution in [0.25, 0.3) is 0 Å². The van der Waals surface area contributed by atoms with Crippen molar-refractivity contribution in [2.75, 3.05) is 71.4 Å². The van der Waals surface area contributed by atoms with Crippen molar-refractivity contribution in [2.45, 2.75) is 13.8 Å². The van der Waals surface area contributed by atoms with Crippen molar-refractivity contribution in [1.82, 2.24) is 15.1 Å². The van der Waals surface area contributed by atoms with Gasteiger partial charge in [0.15, 0.2) is 5.96 Å². The minimum absolute atomic E-state index is 0.932. The molecule has 0 radical (unpaired) electrons. The molecule has 1 fully saturated rings. The predicted octanol–water partition coefficient (Wildman–Crippen LogP) is 1.73. The van der Waals surface area contributed by atoms with Crippen molar-refractivity contribution >= 4 is 11.6 Å². The van der Waals surface area contributed by atoms with Gasteiger partial charge in [-0.1, -0.05) is 26.0 Å². The van der Waals surface area contributed by atoms with Crippen molar-refractivity contribution in [1.29, 1.82) is 0 Å². The van der Waals surface area contributed by atoms with Crippen LogP contribution in [-0.4, -0.2) is 82.3 Å². The Hall–Kier alpha value is -1.95. The molecule has 1 aliphatic heterocycles. The molecule has 0 unspecified atom stereocenters. The summed E-state index contributed by atoms with van der Waals surface area (Å²) in [4.78, 5) is 11.6. The zero-order valence-corrected chi connectivity index (χ0v) is 16.2. The predicted molar refractivity (Wildman–Crippen MR) is 106 cm³/mol. The third-order valence-electron chi connectivity index (χ3n) is 4.82. The van der Waals surface area contributed by atoms with Crippen LogP contribution in [-0.2, 0) is 0 Å². The Morgan fingerprint density at radius 2 is 1.84 bits per heavy atom. The van der Waals surface area contributed by atoms with Crippen molar-refractivity contribution in [3.8, 4) is 5.75 Å². The van der Waals surface area contributed by atoms with E-state index in [0.29, 0.717) is 0 Å². The molecule has 0 aliphatic carbocycles. The first kappa shape index (κ1) is 19.4. The second-order valence-electron chi connectivity index (χ2n) is 6.15. The number of hydrogen-bond acceptors (Lipinski definition) is 4. The van der Waals surface area contributed by atoms with E-state index < -0.39 is 0 Å². The minimum atomic E-state index is 0.932. The fraction of sp³-hybridized carbons (Fsp3) is 0.632. The smallest absolute Gasteiger partial charge is 0.193 e. The van der Waals surface area contributed by atoms with E-state index in [1.54, 1.807) is 7.11 Å². The van der Waals surface area contributed by atoms with E-state index in [9.17, 15) is 0 Å². The average molecular weight is 348 g/mol. The molecule has 0 saturated carbocycles. The number of hydrogen-bond donors (Lipinski definition) is 1. The zero-order valence-electron chi connectivity index (χ0n) is 16.2. The SMILES string of the molecule is CCN(CC)CCNC(=NC)N1CCN(c2ccccc2OC)CC1. The number of ether oxygens (including phenoxy) is 1. The molecule has 0 amide bonds. The van der Waals surface area contributed by atoms with Crippen LogP contribution < -0.4 is 15.0 Å². The molecule has 1 saturated heterocycles. The van der Waals surface area contributed by atoms with Gasteiger partial charge in [-0.2, -0.15) is 0 Å². The Morgan fingerprint density at radius 3 is 2.44 bits per heavy atom. The van der Waals surface area contributed by atoms with E-state index in [0.717, 1.165) is 64.1 Å². The van der Waals surface area contributed by atoms with E-state index in [4.69, 9.17) is 4.74 Å². The standard InChI is InChI=1S/C19H33N5O/c1-5-22(6-2)12-11-21-19(20-3)24-15-13-23(14-16-24)17-9-7-8-10-18(17)25-4/h7-10H,5-6,11-16H2,1-4H3,(H,20,21). The van der Waals surface area contributed by atoms with Gasteiger partial charge in [0.2, 0.25) is 0 Å². The van der Waals surface area contributed by atoms with Gasteiger partial charge in [0.25, 0.3) is 0 Å². The van der Waals surface area contributed by atoms with E-state index in [1.807, 2.05) is 19.2 Å². The lowest BCUT2D eigenvalue weighted by atomic mass is 10.2. The largest absolute Gasteiger partial charge is 0.495 e. The van der Waals surface area contributed by atoms with Crippen LogP contribution in [0, 0.1) is 0 Å². The first-order valence-corrected chi connectivity index (χ1v) is 9.29. The highest BCUT2D eigenvalue weighted by Crippen LogP contribution is 2.28. The summed E-state index contributed by atoms with van der Waals surface area (Å²) in [6.07, 6.45) is 0. The molecule has 0 bridgehead atoms. The molecule has 25 heavy (non-hydrogen) atoms. The molecule has 1 aromatic rings. The molecule has 0 spiro atoms. The number of methoxy groups -OCH3 is 1. The number of aliphatic imine (C=N–C) groups is 1. The second-order valence-corrected chi connectivity index (χ2v) is 6.15. The fourth-order valence-electron chi connectivity index (χ4n) is 3.25. The summed E-state index contributed by atoms with van der Waals surface area (Å²) >= 11 is 0. The maximum absolute atomic E-state index is 5.49. The number of rotatable bonds is 7. The quantitative estimate of drug-likeness (QED) is 0.601. The highest BCUT2D eigenvalue weighted by molar-refractivity contribution is 5.80. The van der Waals surface area contributed by atoms with Gasteiger partial charge in [0.1, 0.15) is 5.75 Å².